The lowest BCUT2D eigenvalue weighted by molar-refractivity contribution is -0.126. The second-order valence-electron chi connectivity index (χ2n) is 7.63. The molecule has 0 unspecified atom stereocenters. The Labute approximate surface area is 171 Å². The highest BCUT2D eigenvalue weighted by Crippen LogP contribution is 2.20. The van der Waals surface area contributed by atoms with Gasteiger partial charge in [-0.15, -0.1) is 0 Å². The predicted octanol–water partition coefficient (Wildman–Crippen LogP) is 4.17. The summed E-state index contributed by atoms with van der Waals surface area (Å²) in [5.74, 6) is -0.0915. The number of carbonyl (C=O) groups is 2. The molecule has 1 aliphatic heterocycles. The maximum absolute atomic E-state index is 12.9. The number of nitrogens with one attached hydrogen (secondary N) is 1. The van der Waals surface area contributed by atoms with Crippen molar-refractivity contribution in [2.75, 3.05) is 19.6 Å². The zero-order valence-corrected chi connectivity index (χ0v) is 17.3. The summed E-state index contributed by atoms with van der Waals surface area (Å²) in [6, 6.07) is 13.6. The van der Waals surface area contributed by atoms with Crippen LogP contribution in [0.25, 0.3) is 0 Å². The van der Waals surface area contributed by atoms with Crippen molar-refractivity contribution >= 4 is 23.4 Å². The lowest BCUT2D eigenvalue weighted by Crippen LogP contribution is -2.45. The summed E-state index contributed by atoms with van der Waals surface area (Å²) >= 11 is 5.90. The zero-order valence-electron chi connectivity index (χ0n) is 16.5. The largest absolute Gasteiger partial charge is 0.355 e. The summed E-state index contributed by atoms with van der Waals surface area (Å²) in [7, 11) is 0. The van der Waals surface area contributed by atoms with Crippen LogP contribution in [0.5, 0.6) is 0 Å². The van der Waals surface area contributed by atoms with E-state index in [1.807, 2.05) is 55.1 Å². The van der Waals surface area contributed by atoms with Crippen molar-refractivity contribution in [3.63, 3.8) is 0 Å². The quantitative estimate of drug-likeness (QED) is 0.821. The number of likely N-dealkylation sites (tertiary alicyclic amines) is 1. The molecule has 0 radical (unpaired) electrons. The molecule has 0 aliphatic carbocycles. The van der Waals surface area contributed by atoms with Gasteiger partial charge in [0, 0.05) is 30.2 Å². The van der Waals surface area contributed by atoms with Crippen LogP contribution in [0.4, 0.5) is 0 Å². The molecular weight excluding hydrogens is 372 g/mol. The summed E-state index contributed by atoms with van der Waals surface area (Å²) in [6.45, 7) is 5.77. The fraction of sp³-hybridized carbons (Fsp3) is 0.391. The molecule has 1 saturated heterocycles. The number of hydrogen-bond donors (Lipinski definition) is 1. The zero-order chi connectivity index (χ0) is 20.1. The number of halogens is 1. The Morgan fingerprint density at radius 1 is 1.11 bits per heavy atom. The third-order valence-corrected chi connectivity index (χ3v) is 5.43. The average molecular weight is 399 g/mol. The van der Waals surface area contributed by atoms with Gasteiger partial charge in [0.05, 0.1) is 5.92 Å². The van der Waals surface area contributed by atoms with E-state index in [1.165, 1.54) is 0 Å². The molecule has 2 aromatic carbocycles. The summed E-state index contributed by atoms with van der Waals surface area (Å²) < 4.78 is 0. The van der Waals surface area contributed by atoms with Crippen molar-refractivity contribution in [3.05, 3.63) is 69.7 Å². The molecule has 5 heteroatoms. The lowest BCUT2D eigenvalue weighted by Gasteiger charge is -2.32. The molecule has 1 N–H and O–H groups in total. The van der Waals surface area contributed by atoms with E-state index >= 15 is 0 Å². The molecule has 0 aromatic heterocycles. The Bertz CT molecular complexity index is 828. The molecule has 0 spiro atoms. The molecule has 28 heavy (non-hydrogen) atoms. The minimum atomic E-state index is -0.145. The number of hydrogen-bond acceptors (Lipinski definition) is 2. The third kappa shape index (κ3) is 5.35. The molecule has 4 nitrogen and oxygen atoms in total. The van der Waals surface area contributed by atoms with Gasteiger partial charge in [-0.2, -0.15) is 0 Å². The summed E-state index contributed by atoms with van der Waals surface area (Å²) in [5, 5.41) is 3.73. The van der Waals surface area contributed by atoms with Crippen molar-refractivity contribution in [1.82, 2.24) is 10.2 Å². The van der Waals surface area contributed by atoms with Crippen molar-refractivity contribution in [2.45, 2.75) is 33.1 Å². The SMILES string of the molecule is Cc1cc(C)cc(C(=O)N2CCC[C@H](C(=O)NCCc3ccc(Cl)cc3)C2)c1. The Morgan fingerprint density at radius 3 is 2.46 bits per heavy atom. The Morgan fingerprint density at radius 2 is 1.79 bits per heavy atom. The molecule has 1 heterocycles. The van der Waals surface area contributed by atoms with Gasteiger partial charge >= 0.3 is 0 Å². The molecule has 0 saturated carbocycles. The fourth-order valence-corrected chi connectivity index (χ4v) is 3.91. The Hall–Kier alpha value is -2.33. The number of aryl methyl sites for hydroxylation is 2. The third-order valence-electron chi connectivity index (χ3n) is 5.17. The first kappa shape index (κ1) is 20.4. The second-order valence-corrected chi connectivity index (χ2v) is 8.07. The lowest BCUT2D eigenvalue weighted by atomic mass is 9.96. The van der Waals surface area contributed by atoms with E-state index < -0.39 is 0 Å². The molecule has 2 amide bonds. The van der Waals surface area contributed by atoms with Crippen LogP contribution in [0.2, 0.25) is 5.02 Å². The summed E-state index contributed by atoms with van der Waals surface area (Å²) in [5.41, 5.74) is 4.01. The maximum atomic E-state index is 12.9. The summed E-state index contributed by atoms with van der Waals surface area (Å²) in [6.07, 6.45) is 2.44. The topological polar surface area (TPSA) is 49.4 Å². The van der Waals surface area contributed by atoms with E-state index in [1.54, 1.807) is 0 Å². The standard InChI is InChI=1S/C23H27ClN2O2/c1-16-12-17(2)14-20(13-16)23(28)26-11-3-4-19(15-26)22(27)25-10-9-18-5-7-21(24)8-6-18/h5-8,12-14,19H,3-4,9-11,15H2,1-2H3,(H,25,27)/t19-/m0/s1. The highest BCUT2D eigenvalue weighted by Gasteiger charge is 2.28. The van der Waals surface area contributed by atoms with Gasteiger partial charge in [0.25, 0.3) is 5.91 Å². The van der Waals surface area contributed by atoms with Gasteiger partial charge in [-0.05, 0) is 62.9 Å². The predicted molar refractivity (Wildman–Crippen MR) is 113 cm³/mol. The normalized spacial score (nSPS) is 16.7. The smallest absolute Gasteiger partial charge is 0.253 e. The van der Waals surface area contributed by atoms with Crippen LogP contribution >= 0.6 is 11.6 Å². The molecule has 1 aliphatic rings. The van der Waals surface area contributed by atoms with Crippen LogP contribution in [0.3, 0.4) is 0 Å². The van der Waals surface area contributed by atoms with Crippen LogP contribution in [0.15, 0.2) is 42.5 Å². The minimum Gasteiger partial charge on any atom is -0.355 e. The van der Waals surface area contributed by atoms with Gasteiger partial charge < -0.3 is 10.2 Å². The molecule has 1 fully saturated rings. The van der Waals surface area contributed by atoms with E-state index in [4.69, 9.17) is 11.6 Å². The number of amides is 2. The van der Waals surface area contributed by atoms with E-state index in [0.717, 1.165) is 36.0 Å². The minimum absolute atomic E-state index is 0.0189. The van der Waals surface area contributed by atoms with Gasteiger partial charge in [-0.25, -0.2) is 0 Å². The van der Waals surface area contributed by atoms with E-state index in [9.17, 15) is 9.59 Å². The molecule has 3 rings (SSSR count). The van der Waals surface area contributed by atoms with Crippen molar-refractivity contribution in [3.8, 4) is 0 Å². The first-order valence-corrected chi connectivity index (χ1v) is 10.2. The van der Waals surface area contributed by atoms with Crippen LogP contribution in [-0.4, -0.2) is 36.3 Å². The number of carbonyl (C=O) groups excluding carboxylic acids is 2. The summed E-state index contributed by atoms with van der Waals surface area (Å²) in [4.78, 5) is 27.3. The monoisotopic (exact) mass is 398 g/mol. The number of benzene rings is 2. The van der Waals surface area contributed by atoms with E-state index in [0.29, 0.717) is 30.2 Å². The maximum Gasteiger partial charge on any atom is 0.253 e. The van der Waals surface area contributed by atoms with Crippen molar-refractivity contribution < 1.29 is 9.59 Å². The highest BCUT2D eigenvalue weighted by molar-refractivity contribution is 6.30. The average Bonchev–Trinajstić information content (AvgIpc) is 2.68. The van der Waals surface area contributed by atoms with Crippen LogP contribution in [0.1, 0.15) is 39.9 Å². The van der Waals surface area contributed by atoms with Gasteiger partial charge in [-0.3, -0.25) is 9.59 Å². The number of piperidine rings is 1. The van der Waals surface area contributed by atoms with Gasteiger partial charge in [0.15, 0.2) is 0 Å². The van der Waals surface area contributed by atoms with Crippen molar-refractivity contribution in [1.29, 1.82) is 0 Å². The fourth-order valence-electron chi connectivity index (χ4n) is 3.78. The highest BCUT2D eigenvalue weighted by atomic mass is 35.5. The molecule has 148 valence electrons. The Kier molecular flexibility index (Phi) is 6.74. The van der Waals surface area contributed by atoms with Crippen LogP contribution in [0, 0.1) is 19.8 Å². The first-order chi connectivity index (χ1) is 13.4. The second kappa shape index (κ2) is 9.24. The first-order valence-electron chi connectivity index (χ1n) is 9.82. The van der Waals surface area contributed by atoms with Crippen LogP contribution < -0.4 is 5.32 Å². The molecular formula is C23H27ClN2O2. The number of nitrogens with zero attached hydrogens (tertiary/aromatic N) is 1. The van der Waals surface area contributed by atoms with Gasteiger partial charge in [0.2, 0.25) is 5.91 Å². The Balaban J connectivity index is 1.54. The van der Waals surface area contributed by atoms with Crippen LogP contribution in [-0.2, 0) is 11.2 Å². The van der Waals surface area contributed by atoms with Gasteiger partial charge in [-0.1, -0.05) is 40.9 Å². The van der Waals surface area contributed by atoms with E-state index in [2.05, 4.69) is 11.4 Å². The molecule has 1 atom stereocenters. The molecule has 2 aromatic rings. The van der Waals surface area contributed by atoms with Crippen molar-refractivity contribution in [2.24, 2.45) is 5.92 Å². The number of rotatable bonds is 5. The molecule has 0 bridgehead atoms. The van der Waals surface area contributed by atoms with Gasteiger partial charge in [0.1, 0.15) is 0 Å². The van der Waals surface area contributed by atoms with E-state index in [-0.39, 0.29) is 17.7 Å².